The first-order valence-electron chi connectivity index (χ1n) is 7.87. The zero-order chi connectivity index (χ0) is 17.1. The molecule has 1 aliphatic rings. The smallest absolute Gasteiger partial charge is 0.191 e. The van der Waals surface area contributed by atoms with Crippen LogP contribution in [0.15, 0.2) is 12.3 Å². The van der Waals surface area contributed by atoms with Crippen LogP contribution in [0.5, 0.6) is 0 Å². The minimum absolute atomic E-state index is 0.0409. The first-order chi connectivity index (χ1) is 10.1. The molecule has 1 unspecified atom stereocenters. The van der Waals surface area contributed by atoms with Crippen molar-refractivity contribution in [1.29, 1.82) is 0 Å². The molecule has 130 valence electrons. The number of aliphatic hydroxyl groups is 1. The van der Waals surface area contributed by atoms with Crippen molar-refractivity contribution in [3.63, 3.8) is 0 Å². The van der Waals surface area contributed by atoms with Crippen molar-refractivity contribution >= 4 is 8.32 Å². The maximum atomic E-state index is 9.52. The molecule has 1 heterocycles. The summed E-state index contributed by atoms with van der Waals surface area (Å²) < 4.78 is 17.0. The molecule has 1 rings (SSSR count). The highest BCUT2D eigenvalue weighted by Gasteiger charge is 2.47. The molecule has 0 bridgehead atoms. The summed E-state index contributed by atoms with van der Waals surface area (Å²) in [6.45, 7) is 18.2. The summed E-state index contributed by atoms with van der Waals surface area (Å²) in [5, 5.41) is 9.72. The Morgan fingerprint density at radius 2 is 1.95 bits per heavy atom. The van der Waals surface area contributed by atoms with E-state index in [0.29, 0.717) is 6.61 Å². The third kappa shape index (κ3) is 4.11. The molecule has 1 saturated heterocycles. The molecular weight excluding hydrogens is 298 g/mol. The summed E-state index contributed by atoms with van der Waals surface area (Å²) in [6, 6.07) is 0.0809. The van der Waals surface area contributed by atoms with Crippen molar-refractivity contribution in [1.82, 2.24) is 4.90 Å². The Labute approximate surface area is 136 Å². The molecule has 0 saturated carbocycles. The van der Waals surface area contributed by atoms with Gasteiger partial charge in [0.05, 0.1) is 6.04 Å². The Morgan fingerprint density at radius 1 is 1.36 bits per heavy atom. The van der Waals surface area contributed by atoms with Crippen LogP contribution in [-0.4, -0.2) is 57.7 Å². The quantitative estimate of drug-likeness (QED) is 0.547. The lowest BCUT2D eigenvalue weighted by Gasteiger charge is -2.52. The molecule has 0 aromatic heterocycles. The van der Waals surface area contributed by atoms with Crippen LogP contribution in [0, 0.1) is 5.92 Å². The second kappa shape index (κ2) is 7.44. The first kappa shape index (κ1) is 19.6. The number of rotatable bonds is 8. The van der Waals surface area contributed by atoms with E-state index >= 15 is 0 Å². The van der Waals surface area contributed by atoms with Crippen LogP contribution in [0.25, 0.3) is 0 Å². The maximum absolute atomic E-state index is 9.52. The summed E-state index contributed by atoms with van der Waals surface area (Å²) in [6.07, 6.45) is -0.106. The van der Waals surface area contributed by atoms with Crippen molar-refractivity contribution in [2.45, 2.75) is 58.0 Å². The molecule has 0 amide bonds. The van der Waals surface area contributed by atoms with Gasteiger partial charge in [-0.15, -0.1) is 0 Å². The molecule has 6 heteroatoms. The minimum atomic E-state index is -1.77. The lowest BCUT2D eigenvalue weighted by atomic mass is 9.86. The van der Waals surface area contributed by atoms with Gasteiger partial charge in [-0.1, -0.05) is 34.3 Å². The number of aliphatic hydroxyl groups excluding tert-OH is 1. The molecule has 1 aliphatic heterocycles. The molecule has 1 fully saturated rings. The van der Waals surface area contributed by atoms with Gasteiger partial charge in [0.2, 0.25) is 0 Å². The van der Waals surface area contributed by atoms with Crippen LogP contribution in [0.1, 0.15) is 27.7 Å². The molecule has 0 aromatic carbocycles. The Balaban J connectivity index is 2.65. The van der Waals surface area contributed by atoms with Crippen LogP contribution in [0.2, 0.25) is 18.1 Å². The van der Waals surface area contributed by atoms with E-state index in [4.69, 9.17) is 13.9 Å². The van der Waals surface area contributed by atoms with E-state index < -0.39 is 8.32 Å². The molecule has 5 nitrogen and oxygen atoms in total. The van der Waals surface area contributed by atoms with E-state index in [1.54, 1.807) is 7.11 Å². The highest BCUT2D eigenvalue weighted by Crippen LogP contribution is 2.39. The van der Waals surface area contributed by atoms with E-state index in [1.807, 2.05) is 4.90 Å². The summed E-state index contributed by atoms with van der Waals surface area (Å²) in [4.78, 5) is 1.87. The molecule has 3 atom stereocenters. The fourth-order valence-electron chi connectivity index (χ4n) is 2.42. The second-order valence-corrected chi connectivity index (χ2v) is 12.4. The Bertz CT molecular complexity index is 381. The highest BCUT2D eigenvalue weighted by molar-refractivity contribution is 6.74. The van der Waals surface area contributed by atoms with Gasteiger partial charge in [-0.05, 0) is 18.1 Å². The van der Waals surface area contributed by atoms with E-state index in [-0.39, 0.29) is 36.6 Å². The summed E-state index contributed by atoms with van der Waals surface area (Å²) in [5.74, 6) is 0.244. The van der Waals surface area contributed by atoms with Crippen LogP contribution in [0.4, 0.5) is 0 Å². The Morgan fingerprint density at radius 3 is 2.41 bits per heavy atom. The van der Waals surface area contributed by atoms with Gasteiger partial charge in [0.25, 0.3) is 0 Å². The van der Waals surface area contributed by atoms with Gasteiger partial charge in [0, 0.05) is 25.3 Å². The average molecular weight is 332 g/mol. The molecular formula is C16H33NO4Si. The largest absolute Gasteiger partial charge is 0.416 e. The zero-order valence-electron chi connectivity index (χ0n) is 15.2. The lowest BCUT2D eigenvalue weighted by molar-refractivity contribution is -0.153. The number of hydrogen-bond acceptors (Lipinski definition) is 5. The highest BCUT2D eigenvalue weighted by atomic mass is 28.4. The lowest BCUT2D eigenvalue weighted by Crippen LogP contribution is -2.62. The number of likely N-dealkylation sites (tertiary alicyclic amines) is 1. The zero-order valence-corrected chi connectivity index (χ0v) is 16.2. The summed E-state index contributed by atoms with van der Waals surface area (Å²) in [7, 11) is -0.166. The summed E-state index contributed by atoms with van der Waals surface area (Å²) in [5.41, 5.74) is 0.809. The van der Waals surface area contributed by atoms with Crippen molar-refractivity contribution in [2.24, 2.45) is 5.92 Å². The second-order valence-electron chi connectivity index (χ2n) is 7.64. The maximum Gasteiger partial charge on any atom is 0.191 e. The number of nitrogens with zero attached hydrogens (tertiary/aromatic N) is 1. The van der Waals surface area contributed by atoms with Crippen LogP contribution in [0.3, 0.4) is 0 Å². The van der Waals surface area contributed by atoms with E-state index in [2.05, 4.69) is 47.4 Å². The van der Waals surface area contributed by atoms with Gasteiger partial charge in [-0.25, -0.2) is 0 Å². The molecule has 0 aliphatic carbocycles. The molecule has 0 spiro atoms. The van der Waals surface area contributed by atoms with E-state index in [9.17, 15) is 5.11 Å². The molecule has 0 radical (unpaired) electrons. The van der Waals surface area contributed by atoms with Crippen molar-refractivity contribution in [3.8, 4) is 0 Å². The average Bonchev–Trinajstić information content (AvgIpc) is 2.41. The van der Waals surface area contributed by atoms with Gasteiger partial charge in [-0.2, -0.15) is 0 Å². The van der Waals surface area contributed by atoms with Crippen molar-refractivity contribution in [3.05, 3.63) is 12.3 Å². The predicted octanol–water partition coefficient (Wildman–Crippen LogP) is 2.78. The van der Waals surface area contributed by atoms with Gasteiger partial charge in [0.1, 0.15) is 19.6 Å². The number of ether oxygens (including phenoxy) is 2. The minimum Gasteiger partial charge on any atom is -0.416 e. The molecule has 0 aromatic rings. The van der Waals surface area contributed by atoms with E-state index in [1.165, 1.54) is 0 Å². The first-order valence-corrected chi connectivity index (χ1v) is 10.8. The topological polar surface area (TPSA) is 51.2 Å². The van der Waals surface area contributed by atoms with Crippen LogP contribution < -0.4 is 0 Å². The fraction of sp³-hybridized carbons (Fsp3) is 0.875. The SMILES string of the molecule is C=C1[C@H](OCOC)C([C@H](C)CO[Si](C)(C)C(C)(C)C)N1CO. The molecule has 22 heavy (non-hydrogen) atoms. The van der Waals surface area contributed by atoms with Crippen molar-refractivity contribution < 1.29 is 19.0 Å². The third-order valence-corrected chi connectivity index (χ3v) is 9.48. The van der Waals surface area contributed by atoms with Gasteiger partial charge < -0.3 is 23.9 Å². The Kier molecular flexibility index (Phi) is 6.65. The number of methoxy groups -OCH3 is 1. The third-order valence-electron chi connectivity index (χ3n) is 4.98. The number of hydrogen-bond donors (Lipinski definition) is 1. The van der Waals surface area contributed by atoms with Gasteiger partial charge >= 0.3 is 0 Å². The van der Waals surface area contributed by atoms with Crippen molar-refractivity contribution in [2.75, 3.05) is 27.2 Å². The fourth-order valence-corrected chi connectivity index (χ4v) is 3.53. The van der Waals surface area contributed by atoms with Gasteiger partial charge in [0.15, 0.2) is 8.32 Å². The normalized spacial score (nSPS) is 24.4. The predicted molar refractivity (Wildman–Crippen MR) is 90.9 cm³/mol. The van der Waals surface area contributed by atoms with Gasteiger partial charge in [-0.3, -0.25) is 0 Å². The monoisotopic (exact) mass is 331 g/mol. The van der Waals surface area contributed by atoms with Crippen LogP contribution in [-0.2, 0) is 13.9 Å². The van der Waals surface area contributed by atoms with E-state index in [0.717, 1.165) is 5.70 Å². The Hall–Kier alpha value is -0.403. The van der Waals surface area contributed by atoms with Crippen LogP contribution >= 0.6 is 0 Å². The standard InChI is InChI=1S/C16H33NO4Si/c1-12(9-21-22(7,8)16(3,4)5)14-15(20-11-19-6)13(2)17(14)10-18/h12,14-15,18H,2,9-11H2,1,3-8H3/t12-,14?,15+/m1/s1. The molecule has 1 N–H and O–H groups in total. The summed E-state index contributed by atoms with van der Waals surface area (Å²) >= 11 is 0.